The van der Waals surface area contributed by atoms with Crippen LogP contribution in [0, 0.1) is 0 Å². The number of aromatic nitrogens is 1. The molecule has 2 rings (SSSR count). The summed E-state index contributed by atoms with van der Waals surface area (Å²) in [6.07, 6.45) is 4.90. The van der Waals surface area contributed by atoms with Crippen molar-refractivity contribution in [3.05, 3.63) is 48.7 Å². The van der Waals surface area contributed by atoms with Crippen LogP contribution in [0.15, 0.2) is 47.3 Å². The first-order valence-corrected chi connectivity index (χ1v) is 5.07. The van der Waals surface area contributed by atoms with Crippen molar-refractivity contribution in [2.24, 2.45) is 0 Å². The fraction of sp³-hybridized carbons (Fsp3) is 0.250. The molecule has 4 nitrogen and oxygen atoms in total. The normalized spacial score (nSPS) is 12.3. The van der Waals surface area contributed by atoms with Gasteiger partial charge in [-0.15, -0.1) is 0 Å². The molecule has 0 saturated heterocycles. The Labute approximate surface area is 93.5 Å². The van der Waals surface area contributed by atoms with Gasteiger partial charge in [0.2, 0.25) is 0 Å². The molecule has 0 aliphatic carbocycles. The van der Waals surface area contributed by atoms with Gasteiger partial charge in [0.05, 0.1) is 25.0 Å². The maximum atomic E-state index is 9.22. The van der Waals surface area contributed by atoms with Crippen molar-refractivity contribution in [3.8, 4) is 5.75 Å². The van der Waals surface area contributed by atoms with Crippen molar-refractivity contribution in [1.29, 1.82) is 0 Å². The van der Waals surface area contributed by atoms with Gasteiger partial charge in [-0.1, -0.05) is 0 Å². The first-order chi connectivity index (χ1) is 7.90. The number of rotatable bonds is 5. The second kappa shape index (κ2) is 5.32. The van der Waals surface area contributed by atoms with Crippen molar-refractivity contribution in [2.45, 2.75) is 5.92 Å². The second-order valence-corrected chi connectivity index (χ2v) is 3.39. The summed E-state index contributed by atoms with van der Waals surface area (Å²) in [7, 11) is 0. The lowest BCUT2D eigenvalue weighted by molar-refractivity contribution is 0.190. The summed E-state index contributed by atoms with van der Waals surface area (Å²) in [5.41, 5.74) is 0. The van der Waals surface area contributed by atoms with E-state index in [2.05, 4.69) is 4.98 Å². The number of ether oxygens (including phenoxy) is 1. The van der Waals surface area contributed by atoms with E-state index in [0.29, 0.717) is 12.4 Å². The molecule has 0 saturated carbocycles. The van der Waals surface area contributed by atoms with Gasteiger partial charge in [-0.2, -0.15) is 0 Å². The second-order valence-electron chi connectivity index (χ2n) is 3.39. The molecule has 0 aliphatic rings. The molecule has 1 atom stereocenters. The van der Waals surface area contributed by atoms with Crippen LogP contribution in [0.2, 0.25) is 0 Å². The van der Waals surface area contributed by atoms with Gasteiger partial charge in [0.25, 0.3) is 0 Å². The first-order valence-electron chi connectivity index (χ1n) is 5.07. The molecule has 0 bridgehead atoms. The van der Waals surface area contributed by atoms with Gasteiger partial charge in [0.1, 0.15) is 18.1 Å². The van der Waals surface area contributed by atoms with Crippen LogP contribution in [0.3, 0.4) is 0 Å². The highest BCUT2D eigenvalue weighted by Crippen LogP contribution is 2.17. The third-order valence-electron chi connectivity index (χ3n) is 2.25. The average Bonchev–Trinajstić information content (AvgIpc) is 2.85. The minimum Gasteiger partial charge on any atom is -0.491 e. The fourth-order valence-corrected chi connectivity index (χ4v) is 1.38. The standard InChI is InChI=1S/C12H13NO3/c14-8-10(12-4-2-6-15-12)9-16-11-3-1-5-13-7-11/h1-7,10,14H,8-9H2. The molecule has 0 aromatic carbocycles. The van der Waals surface area contributed by atoms with E-state index in [0.717, 1.165) is 5.76 Å². The third kappa shape index (κ3) is 2.61. The van der Waals surface area contributed by atoms with E-state index < -0.39 is 0 Å². The molecule has 2 heterocycles. The molecule has 84 valence electrons. The summed E-state index contributed by atoms with van der Waals surface area (Å²) in [6, 6.07) is 7.25. The predicted molar refractivity (Wildman–Crippen MR) is 58.3 cm³/mol. The van der Waals surface area contributed by atoms with Crippen molar-refractivity contribution >= 4 is 0 Å². The smallest absolute Gasteiger partial charge is 0.137 e. The Morgan fingerprint density at radius 2 is 2.31 bits per heavy atom. The van der Waals surface area contributed by atoms with Gasteiger partial charge in [0.15, 0.2) is 0 Å². The molecule has 0 fully saturated rings. The zero-order valence-electron chi connectivity index (χ0n) is 8.74. The quantitative estimate of drug-likeness (QED) is 0.833. The van der Waals surface area contributed by atoms with Gasteiger partial charge in [-0.25, -0.2) is 0 Å². The van der Waals surface area contributed by atoms with Crippen LogP contribution in [0.4, 0.5) is 0 Å². The van der Waals surface area contributed by atoms with Gasteiger partial charge in [0, 0.05) is 6.20 Å². The van der Waals surface area contributed by atoms with Crippen molar-refractivity contribution in [1.82, 2.24) is 4.98 Å². The molecule has 0 spiro atoms. The summed E-state index contributed by atoms with van der Waals surface area (Å²) in [5.74, 6) is 1.27. The lowest BCUT2D eigenvalue weighted by atomic mass is 10.1. The molecule has 2 aromatic heterocycles. The number of aliphatic hydroxyl groups is 1. The Bertz CT molecular complexity index is 399. The summed E-state index contributed by atoms with van der Waals surface area (Å²) in [6.45, 7) is 0.365. The number of pyridine rings is 1. The average molecular weight is 219 g/mol. The molecule has 0 radical (unpaired) electrons. The van der Waals surface area contributed by atoms with E-state index in [1.807, 2.05) is 12.1 Å². The molecular formula is C12H13NO3. The predicted octanol–water partition coefficient (Wildman–Crippen LogP) is 1.83. The van der Waals surface area contributed by atoms with Crippen LogP contribution in [0.25, 0.3) is 0 Å². The molecule has 1 N–H and O–H groups in total. The van der Waals surface area contributed by atoms with Crippen molar-refractivity contribution < 1.29 is 14.3 Å². The molecule has 2 aromatic rings. The van der Waals surface area contributed by atoms with E-state index in [-0.39, 0.29) is 12.5 Å². The van der Waals surface area contributed by atoms with E-state index >= 15 is 0 Å². The Morgan fingerprint density at radius 1 is 1.38 bits per heavy atom. The molecule has 0 aliphatic heterocycles. The lowest BCUT2D eigenvalue weighted by Crippen LogP contribution is -2.13. The van der Waals surface area contributed by atoms with Crippen LogP contribution in [0.1, 0.15) is 11.7 Å². The van der Waals surface area contributed by atoms with Crippen LogP contribution in [-0.4, -0.2) is 23.3 Å². The van der Waals surface area contributed by atoms with E-state index in [4.69, 9.17) is 9.15 Å². The Kier molecular flexibility index (Phi) is 3.56. The summed E-state index contributed by atoms with van der Waals surface area (Å²) in [4.78, 5) is 3.94. The minimum absolute atomic E-state index is 0.00618. The number of nitrogens with zero attached hydrogens (tertiary/aromatic N) is 1. The van der Waals surface area contributed by atoms with Crippen LogP contribution < -0.4 is 4.74 Å². The number of aliphatic hydroxyl groups excluding tert-OH is 1. The highest BCUT2D eigenvalue weighted by molar-refractivity contribution is 5.16. The molecule has 1 unspecified atom stereocenters. The monoisotopic (exact) mass is 219 g/mol. The SMILES string of the molecule is OCC(COc1cccnc1)c1ccco1. The molecule has 4 heteroatoms. The zero-order chi connectivity index (χ0) is 11.2. The van der Waals surface area contributed by atoms with E-state index in [1.54, 1.807) is 30.8 Å². The Morgan fingerprint density at radius 3 is 2.94 bits per heavy atom. The summed E-state index contributed by atoms with van der Waals surface area (Å²) < 4.78 is 10.7. The topological polar surface area (TPSA) is 55.5 Å². The molecular weight excluding hydrogens is 206 g/mol. The van der Waals surface area contributed by atoms with E-state index in [1.165, 1.54) is 0 Å². The zero-order valence-corrected chi connectivity index (χ0v) is 8.74. The first kappa shape index (κ1) is 10.7. The van der Waals surface area contributed by atoms with Crippen molar-refractivity contribution in [3.63, 3.8) is 0 Å². The van der Waals surface area contributed by atoms with Crippen molar-refractivity contribution in [2.75, 3.05) is 13.2 Å². The highest BCUT2D eigenvalue weighted by atomic mass is 16.5. The maximum absolute atomic E-state index is 9.22. The summed E-state index contributed by atoms with van der Waals surface area (Å²) in [5, 5.41) is 9.22. The Balaban J connectivity index is 1.94. The molecule has 16 heavy (non-hydrogen) atoms. The van der Waals surface area contributed by atoms with Crippen LogP contribution >= 0.6 is 0 Å². The number of hydrogen-bond donors (Lipinski definition) is 1. The number of hydrogen-bond acceptors (Lipinski definition) is 4. The van der Waals surface area contributed by atoms with Gasteiger partial charge in [-0.3, -0.25) is 4.98 Å². The summed E-state index contributed by atoms with van der Waals surface area (Å²) >= 11 is 0. The van der Waals surface area contributed by atoms with Gasteiger partial charge in [-0.05, 0) is 24.3 Å². The van der Waals surface area contributed by atoms with E-state index in [9.17, 15) is 5.11 Å². The van der Waals surface area contributed by atoms with Gasteiger partial charge < -0.3 is 14.3 Å². The number of furan rings is 1. The van der Waals surface area contributed by atoms with Crippen LogP contribution in [0.5, 0.6) is 5.75 Å². The Hall–Kier alpha value is -1.81. The third-order valence-corrected chi connectivity index (χ3v) is 2.25. The lowest BCUT2D eigenvalue weighted by Gasteiger charge is -2.12. The molecule has 0 amide bonds. The minimum atomic E-state index is -0.143. The highest BCUT2D eigenvalue weighted by Gasteiger charge is 2.14. The largest absolute Gasteiger partial charge is 0.491 e. The van der Waals surface area contributed by atoms with Crippen LogP contribution in [-0.2, 0) is 0 Å². The fourth-order valence-electron chi connectivity index (χ4n) is 1.38. The maximum Gasteiger partial charge on any atom is 0.137 e. The van der Waals surface area contributed by atoms with Gasteiger partial charge >= 0.3 is 0 Å².